The molecule has 0 bridgehead atoms. The summed E-state index contributed by atoms with van der Waals surface area (Å²) in [6.45, 7) is 6.26. The van der Waals surface area contributed by atoms with Crippen LogP contribution in [0, 0.1) is 17.0 Å². The summed E-state index contributed by atoms with van der Waals surface area (Å²) in [6.07, 6.45) is 0. The van der Waals surface area contributed by atoms with Crippen LogP contribution in [-0.4, -0.2) is 4.92 Å². The number of nitro groups is 1. The molecule has 0 radical (unpaired) electrons. The van der Waals surface area contributed by atoms with Gasteiger partial charge in [-0.15, -0.1) is 0 Å². The lowest BCUT2D eigenvalue weighted by atomic mass is 9.95. The molecule has 3 rings (SSSR count). The van der Waals surface area contributed by atoms with Crippen LogP contribution in [0.15, 0.2) is 45.6 Å². The molecule has 0 amide bonds. The number of rotatable bonds is 5. The molecule has 1 heterocycles. The molecular weight excluding hydrogens is 370 g/mol. The Bertz CT molecular complexity index is 1090. The van der Waals surface area contributed by atoms with Gasteiger partial charge in [-0.1, -0.05) is 25.4 Å². The Morgan fingerprint density at radius 2 is 1.96 bits per heavy atom. The first-order valence-corrected chi connectivity index (χ1v) is 8.78. The molecule has 1 aromatic heterocycles. The lowest BCUT2D eigenvalue weighted by Crippen LogP contribution is -2.05. The zero-order valence-electron chi connectivity index (χ0n) is 15.1. The minimum atomic E-state index is -0.526. The molecule has 7 heteroatoms. The molecule has 0 aliphatic heterocycles. The van der Waals surface area contributed by atoms with E-state index in [1.165, 1.54) is 24.3 Å². The van der Waals surface area contributed by atoms with Crippen molar-refractivity contribution in [3.8, 4) is 5.75 Å². The van der Waals surface area contributed by atoms with Crippen molar-refractivity contribution in [2.24, 2.45) is 0 Å². The third-order valence-electron chi connectivity index (χ3n) is 4.35. The summed E-state index contributed by atoms with van der Waals surface area (Å²) in [6, 6.07) is 9.25. The van der Waals surface area contributed by atoms with Crippen LogP contribution in [0.4, 0.5) is 5.69 Å². The molecule has 0 saturated carbocycles. The number of aryl methyl sites for hydroxylation is 1. The van der Waals surface area contributed by atoms with Gasteiger partial charge in [0.15, 0.2) is 0 Å². The second-order valence-corrected chi connectivity index (χ2v) is 7.02. The van der Waals surface area contributed by atoms with Crippen LogP contribution in [0.25, 0.3) is 11.0 Å². The van der Waals surface area contributed by atoms with Gasteiger partial charge in [-0.3, -0.25) is 10.1 Å². The quantitative estimate of drug-likeness (QED) is 0.334. The van der Waals surface area contributed by atoms with Crippen LogP contribution in [-0.2, 0) is 6.61 Å². The molecule has 140 valence electrons. The fourth-order valence-electron chi connectivity index (χ4n) is 3.01. The average molecular weight is 388 g/mol. The van der Waals surface area contributed by atoms with Gasteiger partial charge in [0.2, 0.25) is 0 Å². The van der Waals surface area contributed by atoms with Crippen LogP contribution in [0.2, 0.25) is 5.02 Å². The van der Waals surface area contributed by atoms with Crippen LogP contribution < -0.4 is 10.4 Å². The minimum Gasteiger partial charge on any atom is -0.487 e. The van der Waals surface area contributed by atoms with E-state index < -0.39 is 10.5 Å². The largest absolute Gasteiger partial charge is 0.487 e. The zero-order chi connectivity index (χ0) is 19.7. The summed E-state index contributed by atoms with van der Waals surface area (Å²) in [7, 11) is 0. The number of fused-ring (bicyclic) bond motifs is 1. The highest BCUT2D eigenvalue weighted by molar-refractivity contribution is 6.32. The van der Waals surface area contributed by atoms with Gasteiger partial charge < -0.3 is 9.15 Å². The number of halogens is 1. The molecule has 0 atom stereocenters. The second kappa shape index (κ2) is 7.40. The lowest BCUT2D eigenvalue weighted by molar-refractivity contribution is -0.384. The summed E-state index contributed by atoms with van der Waals surface area (Å²) < 4.78 is 11.0. The monoisotopic (exact) mass is 387 g/mol. The maximum atomic E-state index is 11.9. The van der Waals surface area contributed by atoms with E-state index >= 15 is 0 Å². The first-order valence-electron chi connectivity index (χ1n) is 8.40. The van der Waals surface area contributed by atoms with Crippen molar-refractivity contribution in [1.29, 1.82) is 0 Å². The topological polar surface area (TPSA) is 82.6 Å². The highest BCUT2D eigenvalue weighted by Crippen LogP contribution is 2.31. The van der Waals surface area contributed by atoms with Crippen molar-refractivity contribution >= 4 is 28.3 Å². The molecular formula is C20H18ClNO5. The fourth-order valence-corrected chi connectivity index (χ4v) is 3.24. The predicted molar refractivity (Wildman–Crippen MR) is 104 cm³/mol. The van der Waals surface area contributed by atoms with Gasteiger partial charge in [-0.05, 0) is 42.2 Å². The third kappa shape index (κ3) is 3.95. The Morgan fingerprint density at radius 1 is 1.22 bits per heavy atom. The van der Waals surface area contributed by atoms with Crippen molar-refractivity contribution in [3.05, 3.63) is 78.6 Å². The predicted octanol–water partition coefficient (Wildman–Crippen LogP) is 5.37. The van der Waals surface area contributed by atoms with Crippen molar-refractivity contribution in [1.82, 2.24) is 0 Å². The maximum absolute atomic E-state index is 11.9. The molecule has 0 aliphatic carbocycles. The average Bonchev–Trinajstić information content (AvgIpc) is 2.59. The number of hydrogen-bond donors (Lipinski definition) is 0. The molecule has 0 spiro atoms. The molecule has 0 aliphatic rings. The smallest absolute Gasteiger partial charge is 0.336 e. The number of nitro benzene ring substituents is 1. The molecule has 3 aromatic rings. The second-order valence-electron chi connectivity index (χ2n) is 6.61. The van der Waals surface area contributed by atoms with E-state index in [1.54, 1.807) is 0 Å². The molecule has 0 fully saturated rings. The van der Waals surface area contributed by atoms with Crippen molar-refractivity contribution in [2.45, 2.75) is 33.3 Å². The Morgan fingerprint density at radius 3 is 2.59 bits per heavy atom. The Hall–Kier alpha value is -2.86. The van der Waals surface area contributed by atoms with Crippen LogP contribution in [0.3, 0.4) is 0 Å². The number of hydrogen-bond acceptors (Lipinski definition) is 5. The highest BCUT2D eigenvalue weighted by Gasteiger charge is 2.14. The van der Waals surface area contributed by atoms with Crippen molar-refractivity contribution in [2.75, 3.05) is 0 Å². The van der Waals surface area contributed by atoms with E-state index in [9.17, 15) is 14.9 Å². The van der Waals surface area contributed by atoms with Crippen molar-refractivity contribution < 1.29 is 14.1 Å². The summed E-state index contributed by atoms with van der Waals surface area (Å²) >= 11 is 6.07. The van der Waals surface area contributed by atoms with Crippen molar-refractivity contribution in [3.63, 3.8) is 0 Å². The van der Waals surface area contributed by atoms with Crippen LogP contribution >= 0.6 is 11.6 Å². The minimum absolute atomic E-state index is 0.0836. The maximum Gasteiger partial charge on any atom is 0.336 e. The molecule has 0 saturated heterocycles. The standard InChI is InChI=1S/C20H18ClNO5/c1-11(2)15-9-16-13(7-20(23)27-19(16)6-12(15)3)10-26-18-5-4-14(22(24)25)8-17(18)21/h4-9,11H,10H2,1-3H3. The Balaban J connectivity index is 1.98. The van der Waals surface area contributed by atoms with Gasteiger partial charge in [0.25, 0.3) is 5.69 Å². The summed E-state index contributed by atoms with van der Waals surface area (Å²) in [5.41, 5.74) is 2.79. The van der Waals surface area contributed by atoms with Gasteiger partial charge in [-0.25, -0.2) is 4.79 Å². The number of ether oxygens (including phenoxy) is 1. The molecule has 0 N–H and O–H groups in total. The fraction of sp³-hybridized carbons (Fsp3) is 0.250. The van der Waals surface area contributed by atoms with E-state index in [2.05, 4.69) is 13.8 Å². The normalized spacial score (nSPS) is 11.1. The van der Waals surface area contributed by atoms with Gasteiger partial charge in [0, 0.05) is 29.1 Å². The SMILES string of the molecule is Cc1cc2oc(=O)cc(COc3ccc([N+](=O)[O-])cc3Cl)c2cc1C(C)C. The van der Waals surface area contributed by atoms with Crippen LogP contribution in [0.5, 0.6) is 5.75 Å². The van der Waals surface area contributed by atoms with E-state index in [1.807, 2.05) is 19.1 Å². The molecule has 0 unspecified atom stereocenters. The number of benzene rings is 2. The van der Waals surface area contributed by atoms with Crippen LogP contribution in [0.1, 0.15) is 36.5 Å². The highest BCUT2D eigenvalue weighted by atomic mass is 35.5. The first-order chi connectivity index (χ1) is 12.8. The first kappa shape index (κ1) is 18.9. The Kier molecular flexibility index (Phi) is 5.19. The Labute approximate surface area is 160 Å². The van der Waals surface area contributed by atoms with E-state index in [4.69, 9.17) is 20.8 Å². The lowest BCUT2D eigenvalue weighted by Gasteiger charge is -2.14. The summed E-state index contributed by atoms with van der Waals surface area (Å²) in [5.74, 6) is 0.624. The van der Waals surface area contributed by atoms with E-state index in [-0.39, 0.29) is 17.3 Å². The molecule has 6 nitrogen and oxygen atoms in total. The van der Waals surface area contributed by atoms with Gasteiger partial charge in [0.05, 0.1) is 9.95 Å². The molecule has 27 heavy (non-hydrogen) atoms. The summed E-state index contributed by atoms with van der Waals surface area (Å²) in [4.78, 5) is 22.2. The van der Waals surface area contributed by atoms with Gasteiger partial charge >= 0.3 is 5.63 Å². The van der Waals surface area contributed by atoms with Gasteiger partial charge in [-0.2, -0.15) is 0 Å². The van der Waals surface area contributed by atoms with Gasteiger partial charge in [0.1, 0.15) is 17.9 Å². The number of nitrogens with zero attached hydrogens (tertiary/aromatic N) is 1. The molecule has 2 aromatic carbocycles. The van der Waals surface area contributed by atoms with E-state index in [0.717, 1.165) is 16.5 Å². The third-order valence-corrected chi connectivity index (χ3v) is 4.64. The number of non-ortho nitro benzene ring substituents is 1. The zero-order valence-corrected chi connectivity index (χ0v) is 15.9. The summed E-state index contributed by atoms with van der Waals surface area (Å²) in [5, 5.41) is 11.7. The van der Waals surface area contributed by atoms with E-state index in [0.29, 0.717) is 22.8 Å².